The van der Waals surface area contributed by atoms with Gasteiger partial charge in [0.25, 0.3) is 0 Å². The van der Waals surface area contributed by atoms with E-state index in [-0.39, 0.29) is 18.4 Å². The summed E-state index contributed by atoms with van der Waals surface area (Å²) in [7, 11) is 0. The quantitative estimate of drug-likeness (QED) is 0.391. The first kappa shape index (κ1) is 21.0. The van der Waals surface area contributed by atoms with Crippen LogP contribution in [0.2, 0.25) is 0 Å². The zero-order valence-corrected chi connectivity index (χ0v) is 15.5. The summed E-state index contributed by atoms with van der Waals surface area (Å²) in [6, 6.07) is 0.217. The highest BCUT2D eigenvalue weighted by Crippen LogP contribution is 2.21. The molecule has 0 radical (unpaired) electrons. The number of allylic oxidation sites excluding steroid dienone is 1. The Morgan fingerprint density at radius 2 is 2.17 bits per heavy atom. The zero-order valence-electron chi connectivity index (χ0n) is 14.7. The van der Waals surface area contributed by atoms with E-state index >= 15 is 0 Å². The van der Waals surface area contributed by atoms with Crippen molar-refractivity contribution < 1.29 is 19.8 Å². The molecule has 1 amide bonds. The Balaban J connectivity index is 2.22. The summed E-state index contributed by atoms with van der Waals surface area (Å²) >= 11 is 1.59. The molecule has 0 aromatic heterocycles. The molecule has 0 aromatic carbocycles. The highest BCUT2D eigenvalue weighted by atomic mass is 32.2. The number of hydrogen-bond acceptors (Lipinski definition) is 4. The van der Waals surface area contributed by atoms with Gasteiger partial charge in [-0.25, -0.2) is 4.79 Å². The third-order valence-corrected chi connectivity index (χ3v) is 5.25. The van der Waals surface area contributed by atoms with Gasteiger partial charge in [0, 0.05) is 18.7 Å². The van der Waals surface area contributed by atoms with Gasteiger partial charge in [0.1, 0.15) is 0 Å². The van der Waals surface area contributed by atoms with Gasteiger partial charge >= 0.3 is 5.97 Å². The first-order valence-corrected chi connectivity index (χ1v) is 10.2. The molecule has 0 aliphatic carbocycles. The number of carbonyl (C=O) groups excluding carboxylic acids is 1. The van der Waals surface area contributed by atoms with Crippen LogP contribution in [0.1, 0.15) is 58.3 Å². The number of aliphatic hydroxyl groups is 1. The number of likely N-dealkylation sites (tertiary alicyclic amines) is 1. The van der Waals surface area contributed by atoms with E-state index in [9.17, 15) is 14.7 Å². The van der Waals surface area contributed by atoms with Crippen molar-refractivity contribution in [1.29, 1.82) is 0 Å². The Bertz CT molecular complexity index is 414. The molecule has 0 aromatic rings. The molecule has 0 saturated carbocycles. The minimum Gasteiger partial charge on any atom is -0.479 e. The van der Waals surface area contributed by atoms with E-state index in [1.54, 1.807) is 11.8 Å². The Kier molecular flexibility index (Phi) is 10.8. The first-order chi connectivity index (χ1) is 11.6. The number of carbonyl (C=O) groups is 2. The number of hydrogen-bond donors (Lipinski definition) is 2. The molecule has 1 saturated heterocycles. The Labute approximate surface area is 149 Å². The van der Waals surface area contributed by atoms with Crippen LogP contribution in [-0.2, 0) is 9.59 Å². The number of nitrogens with zero attached hydrogens (tertiary/aromatic N) is 1. The SMILES string of the molecule is CCCCCCC=C[C@H]1CCC(=O)N1CCSCCC(O)C(=O)O. The molecule has 1 fully saturated rings. The molecule has 5 nitrogen and oxygen atoms in total. The van der Waals surface area contributed by atoms with E-state index in [1.165, 1.54) is 25.7 Å². The Morgan fingerprint density at radius 3 is 2.88 bits per heavy atom. The van der Waals surface area contributed by atoms with E-state index in [0.717, 1.165) is 18.6 Å². The van der Waals surface area contributed by atoms with Gasteiger partial charge in [-0.15, -0.1) is 0 Å². The standard InChI is InChI=1S/C18H31NO4S/c1-2-3-4-5-6-7-8-15-9-10-17(21)19(15)12-14-24-13-11-16(20)18(22)23/h7-8,15-16,20H,2-6,9-14H2,1H3,(H,22,23)/t15-,16?/m0/s1. The van der Waals surface area contributed by atoms with E-state index in [2.05, 4.69) is 19.1 Å². The van der Waals surface area contributed by atoms with Crippen LogP contribution in [0.5, 0.6) is 0 Å². The average Bonchev–Trinajstić information content (AvgIpc) is 2.90. The monoisotopic (exact) mass is 357 g/mol. The number of carboxylic acids is 1. The molecular formula is C18H31NO4S. The molecule has 2 N–H and O–H groups in total. The number of aliphatic carboxylic acids is 1. The van der Waals surface area contributed by atoms with Gasteiger partial charge in [-0.1, -0.05) is 38.3 Å². The van der Waals surface area contributed by atoms with Crippen LogP contribution >= 0.6 is 11.8 Å². The third-order valence-electron chi connectivity index (χ3n) is 4.25. The molecule has 1 aliphatic rings. The van der Waals surface area contributed by atoms with E-state index in [4.69, 9.17) is 5.11 Å². The smallest absolute Gasteiger partial charge is 0.332 e. The van der Waals surface area contributed by atoms with Crippen molar-refractivity contribution in [3.05, 3.63) is 12.2 Å². The van der Waals surface area contributed by atoms with Crippen LogP contribution in [0, 0.1) is 0 Å². The van der Waals surface area contributed by atoms with Crippen LogP contribution in [0.3, 0.4) is 0 Å². The summed E-state index contributed by atoms with van der Waals surface area (Å²) < 4.78 is 0. The van der Waals surface area contributed by atoms with Crippen LogP contribution in [0.15, 0.2) is 12.2 Å². The average molecular weight is 358 g/mol. The second kappa shape index (κ2) is 12.4. The lowest BCUT2D eigenvalue weighted by Crippen LogP contribution is -2.33. The summed E-state index contributed by atoms with van der Waals surface area (Å²) in [6.45, 7) is 2.90. The van der Waals surface area contributed by atoms with Crippen molar-refractivity contribution in [1.82, 2.24) is 4.90 Å². The molecular weight excluding hydrogens is 326 g/mol. The van der Waals surface area contributed by atoms with Crippen LogP contribution in [0.4, 0.5) is 0 Å². The zero-order chi connectivity index (χ0) is 17.8. The van der Waals surface area contributed by atoms with Crippen molar-refractivity contribution in [3.63, 3.8) is 0 Å². The van der Waals surface area contributed by atoms with Gasteiger partial charge in [0.05, 0.1) is 6.04 Å². The molecule has 6 heteroatoms. The number of thioether (sulfide) groups is 1. The fourth-order valence-corrected chi connectivity index (χ4v) is 3.69. The molecule has 1 unspecified atom stereocenters. The molecule has 0 bridgehead atoms. The summed E-state index contributed by atoms with van der Waals surface area (Å²) in [6.07, 6.45) is 11.0. The summed E-state index contributed by atoms with van der Waals surface area (Å²) in [5.74, 6) is 0.406. The lowest BCUT2D eigenvalue weighted by molar-refractivity contribution is -0.146. The lowest BCUT2D eigenvalue weighted by Gasteiger charge is -2.22. The highest BCUT2D eigenvalue weighted by molar-refractivity contribution is 7.99. The number of unbranched alkanes of at least 4 members (excludes halogenated alkanes) is 4. The minimum absolute atomic E-state index is 0.210. The number of aliphatic hydroxyl groups excluding tert-OH is 1. The fraction of sp³-hybridized carbons (Fsp3) is 0.778. The van der Waals surface area contributed by atoms with Crippen molar-refractivity contribution in [2.45, 2.75) is 70.4 Å². The van der Waals surface area contributed by atoms with Gasteiger partial charge < -0.3 is 15.1 Å². The number of amides is 1. The van der Waals surface area contributed by atoms with Crippen molar-refractivity contribution in [2.75, 3.05) is 18.1 Å². The maximum atomic E-state index is 12.0. The molecule has 1 aliphatic heterocycles. The second-order valence-corrected chi connectivity index (χ2v) is 7.45. The normalized spacial score (nSPS) is 19.3. The van der Waals surface area contributed by atoms with Crippen LogP contribution < -0.4 is 0 Å². The molecule has 0 spiro atoms. The Morgan fingerprint density at radius 1 is 1.38 bits per heavy atom. The lowest BCUT2D eigenvalue weighted by atomic mass is 10.1. The largest absolute Gasteiger partial charge is 0.479 e. The predicted octanol–water partition coefficient (Wildman–Crippen LogP) is 3.07. The summed E-state index contributed by atoms with van der Waals surface area (Å²) in [5, 5.41) is 17.8. The highest BCUT2D eigenvalue weighted by Gasteiger charge is 2.28. The number of carboxylic acid groups (broad SMARTS) is 1. The van der Waals surface area contributed by atoms with Gasteiger partial charge in [-0.3, -0.25) is 4.79 Å². The summed E-state index contributed by atoms with van der Waals surface area (Å²) in [4.78, 5) is 24.4. The van der Waals surface area contributed by atoms with Crippen molar-refractivity contribution in [2.24, 2.45) is 0 Å². The van der Waals surface area contributed by atoms with Gasteiger partial charge in [-0.05, 0) is 31.4 Å². The summed E-state index contributed by atoms with van der Waals surface area (Å²) in [5.41, 5.74) is 0. The first-order valence-electron chi connectivity index (χ1n) is 9.01. The molecule has 138 valence electrons. The Hall–Kier alpha value is -1.01. The maximum absolute atomic E-state index is 12.0. The third kappa shape index (κ3) is 8.20. The van der Waals surface area contributed by atoms with E-state index in [1.807, 2.05) is 4.90 Å². The second-order valence-electron chi connectivity index (χ2n) is 6.23. The van der Waals surface area contributed by atoms with Crippen LogP contribution in [0.25, 0.3) is 0 Å². The van der Waals surface area contributed by atoms with Crippen LogP contribution in [-0.4, -0.2) is 57.2 Å². The molecule has 1 heterocycles. The van der Waals surface area contributed by atoms with Crippen molar-refractivity contribution in [3.8, 4) is 0 Å². The number of rotatable bonds is 13. The van der Waals surface area contributed by atoms with Gasteiger partial charge in [0.2, 0.25) is 5.91 Å². The predicted molar refractivity (Wildman–Crippen MR) is 98.2 cm³/mol. The minimum atomic E-state index is -1.28. The molecule has 2 atom stereocenters. The van der Waals surface area contributed by atoms with E-state index in [0.29, 0.717) is 18.7 Å². The van der Waals surface area contributed by atoms with E-state index < -0.39 is 12.1 Å². The fourth-order valence-electron chi connectivity index (χ4n) is 2.77. The van der Waals surface area contributed by atoms with Crippen molar-refractivity contribution >= 4 is 23.6 Å². The van der Waals surface area contributed by atoms with Gasteiger partial charge in [-0.2, -0.15) is 11.8 Å². The molecule has 1 rings (SSSR count). The maximum Gasteiger partial charge on any atom is 0.332 e. The topological polar surface area (TPSA) is 77.8 Å². The molecule has 24 heavy (non-hydrogen) atoms. The van der Waals surface area contributed by atoms with Gasteiger partial charge in [0.15, 0.2) is 6.10 Å².